The van der Waals surface area contributed by atoms with E-state index in [0.29, 0.717) is 36.5 Å². The van der Waals surface area contributed by atoms with Gasteiger partial charge in [-0.15, -0.1) is 0 Å². The van der Waals surface area contributed by atoms with E-state index in [1.807, 2.05) is 13.1 Å². The molecule has 1 saturated heterocycles. The maximum atomic E-state index is 12.8. The van der Waals surface area contributed by atoms with E-state index < -0.39 is 10.0 Å². The van der Waals surface area contributed by atoms with Crippen LogP contribution in [0.15, 0.2) is 23.5 Å². The van der Waals surface area contributed by atoms with Gasteiger partial charge in [-0.3, -0.25) is 4.68 Å². The molecule has 0 spiro atoms. The molecular weight excluding hydrogens is 338 g/mol. The van der Waals surface area contributed by atoms with Crippen molar-refractivity contribution in [2.24, 2.45) is 0 Å². The average Bonchev–Trinajstić information content (AvgIpc) is 3.20. The van der Waals surface area contributed by atoms with Crippen molar-refractivity contribution in [1.29, 1.82) is 0 Å². The molecule has 2 aromatic rings. The summed E-state index contributed by atoms with van der Waals surface area (Å²) in [6.45, 7) is 5.81. The lowest BCUT2D eigenvalue weighted by atomic mass is 10.1. The summed E-state index contributed by atoms with van der Waals surface area (Å²) in [5.41, 5.74) is 1.19. The zero-order valence-electron chi connectivity index (χ0n) is 14.8. The Hall–Kier alpha value is -1.67. The number of aromatic nitrogens is 4. The first-order chi connectivity index (χ1) is 12.0. The molecule has 1 saturated carbocycles. The van der Waals surface area contributed by atoms with Gasteiger partial charge in [-0.1, -0.05) is 0 Å². The fraction of sp³-hybridized carbons (Fsp3) is 0.647. The van der Waals surface area contributed by atoms with Crippen molar-refractivity contribution >= 4 is 10.0 Å². The Morgan fingerprint density at radius 1 is 1.16 bits per heavy atom. The van der Waals surface area contributed by atoms with Gasteiger partial charge >= 0.3 is 0 Å². The summed E-state index contributed by atoms with van der Waals surface area (Å²) in [5.74, 6) is 1.80. The number of piperidine rings is 1. The molecule has 0 aromatic carbocycles. The van der Waals surface area contributed by atoms with Gasteiger partial charge in [0, 0.05) is 49.7 Å². The zero-order valence-corrected chi connectivity index (χ0v) is 15.6. The van der Waals surface area contributed by atoms with E-state index in [4.69, 9.17) is 0 Å². The van der Waals surface area contributed by atoms with Crippen LogP contribution in [0.2, 0.25) is 0 Å². The molecule has 4 rings (SSSR count). The third-order valence-electron chi connectivity index (χ3n) is 5.31. The number of hydrogen-bond acceptors (Lipinski definition) is 4. The second-order valence-corrected chi connectivity index (χ2v) is 9.01. The minimum Gasteiger partial charge on any atom is -0.329 e. The first kappa shape index (κ1) is 16.8. The minimum atomic E-state index is -3.44. The van der Waals surface area contributed by atoms with Gasteiger partial charge in [0.1, 0.15) is 10.7 Å². The summed E-state index contributed by atoms with van der Waals surface area (Å²) in [7, 11) is -3.44. The van der Waals surface area contributed by atoms with E-state index in [1.54, 1.807) is 15.2 Å². The molecule has 0 N–H and O–H groups in total. The first-order valence-electron chi connectivity index (χ1n) is 9.07. The molecule has 0 amide bonds. The number of nitrogens with zero attached hydrogens (tertiary/aromatic N) is 5. The lowest BCUT2D eigenvalue weighted by molar-refractivity contribution is 0.268. The van der Waals surface area contributed by atoms with Gasteiger partial charge in [-0.25, -0.2) is 13.4 Å². The number of sulfonamides is 1. The van der Waals surface area contributed by atoms with E-state index in [9.17, 15) is 8.42 Å². The predicted octanol–water partition coefficient (Wildman–Crippen LogP) is 2.31. The van der Waals surface area contributed by atoms with Crippen molar-refractivity contribution < 1.29 is 8.42 Å². The molecule has 0 bridgehead atoms. The Morgan fingerprint density at radius 3 is 2.48 bits per heavy atom. The van der Waals surface area contributed by atoms with Gasteiger partial charge in [0.05, 0.1) is 6.20 Å². The molecule has 25 heavy (non-hydrogen) atoms. The predicted molar refractivity (Wildman–Crippen MR) is 93.9 cm³/mol. The molecule has 0 atom stereocenters. The Kier molecular flexibility index (Phi) is 4.19. The van der Waals surface area contributed by atoms with Crippen LogP contribution in [-0.2, 0) is 16.6 Å². The smallest absolute Gasteiger partial charge is 0.246 e. The van der Waals surface area contributed by atoms with Crippen molar-refractivity contribution in [3.05, 3.63) is 30.1 Å². The Balaban J connectivity index is 1.49. The second-order valence-electron chi connectivity index (χ2n) is 7.07. The highest BCUT2D eigenvalue weighted by atomic mass is 32.2. The van der Waals surface area contributed by atoms with Crippen LogP contribution in [0.25, 0.3) is 0 Å². The Bertz CT molecular complexity index is 857. The third-order valence-corrected chi connectivity index (χ3v) is 7.16. The normalized spacial score (nSPS) is 20.2. The quantitative estimate of drug-likeness (QED) is 0.817. The van der Waals surface area contributed by atoms with Crippen LogP contribution in [0.3, 0.4) is 0 Å². The molecule has 8 heteroatoms. The van der Waals surface area contributed by atoms with E-state index >= 15 is 0 Å². The van der Waals surface area contributed by atoms with Crippen LogP contribution < -0.4 is 0 Å². The van der Waals surface area contributed by atoms with Crippen LogP contribution in [0.5, 0.6) is 0 Å². The first-order valence-corrected chi connectivity index (χ1v) is 10.5. The maximum absolute atomic E-state index is 12.8. The molecule has 7 nitrogen and oxygen atoms in total. The summed E-state index contributed by atoms with van der Waals surface area (Å²) < 4.78 is 31.2. The average molecular weight is 363 g/mol. The molecule has 0 radical (unpaired) electrons. The minimum absolute atomic E-state index is 0.297. The van der Waals surface area contributed by atoms with Crippen LogP contribution >= 0.6 is 0 Å². The molecular formula is C17H25N5O2S. The molecule has 0 unspecified atom stereocenters. The number of aryl methyl sites for hydroxylation is 2. The van der Waals surface area contributed by atoms with E-state index in [-0.39, 0.29) is 0 Å². The zero-order chi connectivity index (χ0) is 17.6. The van der Waals surface area contributed by atoms with Crippen LogP contribution in [0.4, 0.5) is 0 Å². The van der Waals surface area contributed by atoms with Crippen molar-refractivity contribution in [2.75, 3.05) is 13.1 Å². The fourth-order valence-corrected chi connectivity index (χ4v) is 5.15. The molecule has 2 aliphatic rings. The summed E-state index contributed by atoms with van der Waals surface area (Å²) in [6.07, 6.45) is 9.14. The SMILES string of the molecule is CCn1cc(S(=O)(=O)N2CCC(n3c(C)cnc3C3CC3)CC2)cn1. The van der Waals surface area contributed by atoms with E-state index in [1.165, 1.54) is 30.6 Å². The van der Waals surface area contributed by atoms with Gasteiger partial charge in [0.25, 0.3) is 0 Å². The summed E-state index contributed by atoms with van der Waals surface area (Å²) in [4.78, 5) is 4.90. The second kappa shape index (κ2) is 6.25. The highest BCUT2D eigenvalue weighted by Crippen LogP contribution is 2.41. The van der Waals surface area contributed by atoms with E-state index in [2.05, 4.69) is 21.6 Å². The molecule has 2 aromatic heterocycles. The third kappa shape index (κ3) is 3.01. The Morgan fingerprint density at radius 2 is 1.88 bits per heavy atom. The van der Waals surface area contributed by atoms with Gasteiger partial charge in [-0.05, 0) is 39.5 Å². The maximum Gasteiger partial charge on any atom is 0.246 e. The molecule has 136 valence electrons. The summed E-state index contributed by atoms with van der Waals surface area (Å²) in [5, 5.41) is 4.10. The van der Waals surface area contributed by atoms with Gasteiger partial charge in [0.2, 0.25) is 10.0 Å². The largest absolute Gasteiger partial charge is 0.329 e. The fourth-order valence-electron chi connectivity index (χ4n) is 3.72. The van der Waals surface area contributed by atoms with Gasteiger partial charge < -0.3 is 4.57 Å². The van der Waals surface area contributed by atoms with Gasteiger partial charge in [0.15, 0.2) is 0 Å². The standard InChI is InChI=1S/C17H25N5O2S/c1-3-20-12-16(11-19-20)25(23,24)21-8-6-15(7-9-21)22-13(2)10-18-17(22)14-4-5-14/h10-12,14-15H,3-9H2,1-2H3. The number of imidazole rings is 1. The number of rotatable bonds is 5. The molecule has 2 fully saturated rings. The van der Waals surface area contributed by atoms with Crippen molar-refractivity contribution in [1.82, 2.24) is 23.6 Å². The topological polar surface area (TPSA) is 73.0 Å². The molecule has 1 aliphatic carbocycles. The van der Waals surface area contributed by atoms with Crippen molar-refractivity contribution in [3.63, 3.8) is 0 Å². The van der Waals surface area contributed by atoms with Crippen molar-refractivity contribution in [3.8, 4) is 0 Å². The summed E-state index contributed by atoms with van der Waals surface area (Å²) in [6, 6.07) is 0.350. The van der Waals surface area contributed by atoms with Crippen LogP contribution in [0.1, 0.15) is 56.1 Å². The lowest BCUT2D eigenvalue weighted by Gasteiger charge is -2.33. The van der Waals surface area contributed by atoms with Crippen LogP contribution in [-0.4, -0.2) is 45.1 Å². The monoisotopic (exact) mass is 363 g/mol. The lowest BCUT2D eigenvalue weighted by Crippen LogP contribution is -2.39. The van der Waals surface area contributed by atoms with Gasteiger partial charge in [-0.2, -0.15) is 9.40 Å². The molecule has 1 aliphatic heterocycles. The van der Waals surface area contributed by atoms with Crippen molar-refractivity contribution in [2.45, 2.75) is 62.9 Å². The van der Waals surface area contributed by atoms with Crippen LogP contribution in [0, 0.1) is 6.92 Å². The highest BCUT2D eigenvalue weighted by Gasteiger charge is 2.35. The van der Waals surface area contributed by atoms with E-state index in [0.717, 1.165) is 12.8 Å². The molecule has 3 heterocycles. The Labute approximate surface area is 148 Å². The number of hydrogen-bond donors (Lipinski definition) is 0. The highest BCUT2D eigenvalue weighted by molar-refractivity contribution is 7.89. The summed E-state index contributed by atoms with van der Waals surface area (Å²) >= 11 is 0.